The van der Waals surface area contributed by atoms with Crippen LogP contribution in [0, 0.1) is 0 Å². The van der Waals surface area contributed by atoms with E-state index in [0.29, 0.717) is 12.5 Å². The van der Waals surface area contributed by atoms with Gasteiger partial charge in [-0.15, -0.1) is 0 Å². The molecule has 1 heterocycles. The van der Waals surface area contributed by atoms with Crippen molar-refractivity contribution >= 4 is 11.9 Å². The summed E-state index contributed by atoms with van der Waals surface area (Å²) in [4.78, 5) is 12.2. The van der Waals surface area contributed by atoms with E-state index in [1.807, 2.05) is 24.3 Å². The van der Waals surface area contributed by atoms with Crippen molar-refractivity contribution in [2.24, 2.45) is 10.7 Å². The van der Waals surface area contributed by atoms with E-state index in [2.05, 4.69) is 20.3 Å². The fourth-order valence-corrected chi connectivity index (χ4v) is 1.52. The van der Waals surface area contributed by atoms with Crippen molar-refractivity contribution in [3.05, 3.63) is 48.3 Å². The second-order valence-electron chi connectivity index (χ2n) is 3.71. The van der Waals surface area contributed by atoms with Crippen molar-refractivity contribution in [1.29, 1.82) is 0 Å². The maximum absolute atomic E-state index is 5.76. The SMILES string of the molecule is COc1ccccc1CN=C(N)Nc1ncccn1. The zero-order valence-electron chi connectivity index (χ0n) is 10.6. The number of rotatable bonds is 4. The van der Waals surface area contributed by atoms with Crippen molar-refractivity contribution in [3.63, 3.8) is 0 Å². The van der Waals surface area contributed by atoms with E-state index >= 15 is 0 Å². The number of hydrogen-bond acceptors (Lipinski definition) is 4. The molecule has 0 aliphatic heterocycles. The number of aliphatic imine (C=N–C) groups is 1. The molecule has 0 unspecified atom stereocenters. The Morgan fingerprint density at radius 2 is 2.00 bits per heavy atom. The largest absolute Gasteiger partial charge is 0.496 e. The number of nitrogens with two attached hydrogens (primary N) is 1. The minimum absolute atomic E-state index is 0.261. The number of anilines is 1. The average molecular weight is 257 g/mol. The fraction of sp³-hybridized carbons (Fsp3) is 0.154. The minimum atomic E-state index is 0.261. The summed E-state index contributed by atoms with van der Waals surface area (Å²) in [6.45, 7) is 0.426. The number of guanidine groups is 1. The van der Waals surface area contributed by atoms with Gasteiger partial charge < -0.3 is 10.5 Å². The first kappa shape index (κ1) is 12.8. The van der Waals surface area contributed by atoms with Gasteiger partial charge in [-0.2, -0.15) is 0 Å². The number of nitrogens with one attached hydrogen (secondary N) is 1. The van der Waals surface area contributed by atoms with Crippen LogP contribution in [0.4, 0.5) is 5.95 Å². The summed E-state index contributed by atoms with van der Waals surface area (Å²) >= 11 is 0. The predicted octanol–water partition coefficient (Wildman–Crippen LogP) is 1.41. The van der Waals surface area contributed by atoms with Crippen molar-refractivity contribution < 1.29 is 4.74 Å². The lowest BCUT2D eigenvalue weighted by molar-refractivity contribution is 0.410. The van der Waals surface area contributed by atoms with E-state index in [4.69, 9.17) is 10.5 Å². The van der Waals surface area contributed by atoms with E-state index in [-0.39, 0.29) is 5.96 Å². The molecule has 2 rings (SSSR count). The summed E-state index contributed by atoms with van der Waals surface area (Å²) in [5.74, 6) is 1.47. The highest BCUT2D eigenvalue weighted by atomic mass is 16.5. The number of benzene rings is 1. The number of aromatic nitrogens is 2. The van der Waals surface area contributed by atoms with Crippen LogP contribution in [0.15, 0.2) is 47.7 Å². The fourth-order valence-electron chi connectivity index (χ4n) is 1.52. The quantitative estimate of drug-likeness (QED) is 0.639. The Hall–Kier alpha value is -2.63. The molecule has 0 saturated carbocycles. The lowest BCUT2D eigenvalue weighted by Crippen LogP contribution is -2.23. The molecule has 0 aliphatic rings. The van der Waals surface area contributed by atoms with Crippen LogP contribution in [-0.2, 0) is 6.54 Å². The molecule has 6 nitrogen and oxygen atoms in total. The molecular formula is C13H15N5O. The lowest BCUT2D eigenvalue weighted by atomic mass is 10.2. The highest BCUT2D eigenvalue weighted by molar-refractivity contribution is 5.90. The summed E-state index contributed by atoms with van der Waals surface area (Å²) in [6, 6.07) is 9.39. The van der Waals surface area contributed by atoms with Gasteiger partial charge in [0, 0.05) is 18.0 Å². The van der Waals surface area contributed by atoms with Gasteiger partial charge in [-0.05, 0) is 12.1 Å². The second kappa shape index (κ2) is 6.34. The van der Waals surface area contributed by atoms with Gasteiger partial charge in [0.1, 0.15) is 5.75 Å². The molecule has 3 N–H and O–H groups in total. The Bertz CT molecular complexity index is 556. The summed E-state index contributed by atoms with van der Waals surface area (Å²) in [5.41, 5.74) is 6.72. The van der Waals surface area contributed by atoms with Crippen LogP contribution >= 0.6 is 0 Å². The molecule has 19 heavy (non-hydrogen) atoms. The van der Waals surface area contributed by atoms with E-state index in [9.17, 15) is 0 Å². The normalized spacial score (nSPS) is 11.1. The van der Waals surface area contributed by atoms with Gasteiger partial charge in [-0.3, -0.25) is 5.32 Å². The van der Waals surface area contributed by atoms with Crippen molar-refractivity contribution in [1.82, 2.24) is 9.97 Å². The van der Waals surface area contributed by atoms with Gasteiger partial charge in [-0.1, -0.05) is 18.2 Å². The van der Waals surface area contributed by atoms with Gasteiger partial charge in [0.05, 0.1) is 13.7 Å². The number of ether oxygens (including phenoxy) is 1. The van der Waals surface area contributed by atoms with Crippen molar-refractivity contribution in [3.8, 4) is 5.75 Å². The number of nitrogens with zero attached hydrogens (tertiary/aromatic N) is 3. The highest BCUT2D eigenvalue weighted by Crippen LogP contribution is 2.17. The van der Waals surface area contributed by atoms with Crippen molar-refractivity contribution in [2.75, 3.05) is 12.4 Å². The molecule has 0 spiro atoms. The van der Waals surface area contributed by atoms with Gasteiger partial charge in [0.15, 0.2) is 5.96 Å². The average Bonchev–Trinajstić information content (AvgIpc) is 2.46. The first-order chi connectivity index (χ1) is 9.29. The maximum Gasteiger partial charge on any atom is 0.229 e. The number of methoxy groups -OCH3 is 1. The van der Waals surface area contributed by atoms with Gasteiger partial charge >= 0.3 is 0 Å². The monoisotopic (exact) mass is 257 g/mol. The number of para-hydroxylation sites is 1. The zero-order chi connectivity index (χ0) is 13.5. The second-order valence-corrected chi connectivity index (χ2v) is 3.71. The molecule has 1 aromatic carbocycles. The molecule has 2 aromatic rings. The van der Waals surface area contributed by atoms with Crippen molar-refractivity contribution in [2.45, 2.75) is 6.54 Å². The van der Waals surface area contributed by atoms with Crippen LogP contribution in [0.5, 0.6) is 5.75 Å². The summed E-state index contributed by atoms with van der Waals surface area (Å²) in [7, 11) is 1.63. The molecule has 0 amide bonds. The topological polar surface area (TPSA) is 85.4 Å². The van der Waals surface area contributed by atoms with E-state index in [0.717, 1.165) is 11.3 Å². The summed E-state index contributed by atoms with van der Waals surface area (Å²) in [5, 5.41) is 2.81. The molecule has 98 valence electrons. The Labute approximate surface area is 111 Å². The predicted molar refractivity (Wildman–Crippen MR) is 74.0 cm³/mol. The maximum atomic E-state index is 5.76. The van der Waals surface area contributed by atoms with Gasteiger partial charge in [-0.25, -0.2) is 15.0 Å². The first-order valence-corrected chi connectivity index (χ1v) is 5.75. The lowest BCUT2D eigenvalue weighted by Gasteiger charge is -2.06. The van der Waals surface area contributed by atoms with Gasteiger partial charge in [0.25, 0.3) is 0 Å². The third kappa shape index (κ3) is 3.67. The van der Waals surface area contributed by atoms with Crippen LogP contribution in [-0.4, -0.2) is 23.0 Å². The molecule has 1 aromatic heterocycles. The standard InChI is InChI=1S/C13H15N5O/c1-19-11-6-3-2-5-10(11)9-17-12(14)18-13-15-7-4-8-16-13/h2-8H,9H2,1H3,(H3,14,15,16,17,18). The van der Waals surface area contributed by atoms with Crippen LogP contribution in [0.25, 0.3) is 0 Å². The molecular weight excluding hydrogens is 242 g/mol. The van der Waals surface area contributed by atoms with Gasteiger partial charge in [0.2, 0.25) is 5.95 Å². The molecule has 6 heteroatoms. The van der Waals surface area contributed by atoms with E-state index in [1.165, 1.54) is 0 Å². The molecule has 0 saturated heterocycles. The van der Waals surface area contributed by atoms with Crippen LogP contribution in [0.3, 0.4) is 0 Å². The van der Waals surface area contributed by atoms with E-state index < -0.39 is 0 Å². The highest BCUT2D eigenvalue weighted by Gasteiger charge is 2.01. The Balaban J connectivity index is 2.02. The zero-order valence-corrected chi connectivity index (χ0v) is 10.6. The Kier molecular flexibility index (Phi) is 4.28. The third-order valence-corrected chi connectivity index (χ3v) is 2.42. The molecule has 0 aliphatic carbocycles. The Morgan fingerprint density at radius 1 is 1.26 bits per heavy atom. The van der Waals surface area contributed by atoms with Crippen LogP contribution in [0.1, 0.15) is 5.56 Å². The molecule has 0 atom stereocenters. The molecule has 0 bridgehead atoms. The number of hydrogen-bond donors (Lipinski definition) is 2. The minimum Gasteiger partial charge on any atom is -0.496 e. The smallest absolute Gasteiger partial charge is 0.229 e. The Morgan fingerprint density at radius 3 is 2.74 bits per heavy atom. The molecule has 0 radical (unpaired) electrons. The summed E-state index contributed by atoms with van der Waals surface area (Å²) < 4.78 is 5.24. The third-order valence-electron chi connectivity index (χ3n) is 2.42. The summed E-state index contributed by atoms with van der Waals surface area (Å²) in [6.07, 6.45) is 3.26. The van der Waals surface area contributed by atoms with E-state index in [1.54, 1.807) is 25.6 Å². The first-order valence-electron chi connectivity index (χ1n) is 5.75. The molecule has 0 fully saturated rings. The van der Waals surface area contributed by atoms with Crippen LogP contribution in [0.2, 0.25) is 0 Å². The van der Waals surface area contributed by atoms with Crippen LogP contribution < -0.4 is 15.8 Å².